The molecule has 60 valence electrons. The summed E-state index contributed by atoms with van der Waals surface area (Å²) in [5.74, 6) is 2.10. The summed E-state index contributed by atoms with van der Waals surface area (Å²) in [6.07, 6.45) is 1.26. The molecule has 10 heavy (non-hydrogen) atoms. The van der Waals surface area contributed by atoms with E-state index in [1.54, 1.807) is 0 Å². The van der Waals surface area contributed by atoms with E-state index in [2.05, 4.69) is 37.8 Å². The molecule has 1 nitrogen and oxygen atoms in total. The molecule has 1 aliphatic heterocycles. The van der Waals surface area contributed by atoms with Gasteiger partial charge in [-0.1, -0.05) is 20.8 Å². The maximum Gasteiger partial charge on any atom is 0.0532 e. The van der Waals surface area contributed by atoms with Gasteiger partial charge in [-0.25, -0.2) is 0 Å². The molecule has 2 unspecified atom stereocenters. The Hall–Kier alpha value is 0.310. The van der Waals surface area contributed by atoms with Gasteiger partial charge in [0, 0.05) is 11.8 Å². The largest absolute Gasteiger partial charge is 0.301 e. The first-order chi connectivity index (χ1) is 4.74. The first kappa shape index (κ1) is 8.41. The van der Waals surface area contributed by atoms with Crippen LogP contribution in [0, 0.1) is 5.92 Å². The first-order valence-corrected chi connectivity index (χ1v) is 5.16. The molecule has 2 heteroatoms. The van der Waals surface area contributed by atoms with Gasteiger partial charge in [0.2, 0.25) is 0 Å². The maximum atomic E-state index is 3.60. The summed E-state index contributed by atoms with van der Waals surface area (Å²) in [4.78, 5) is 0. The number of hydrogen-bond acceptors (Lipinski definition) is 2. The van der Waals surface area contributed by atoms with Gasteiger partial charge in [-0.3, -0.25) is 0 Å². The summed E-state index contributed by atoms with van der Waals surface area (Å²) >= 11 is 2.07. The highest BCUT2D eigenvalue weighted by Gasteiger charge is 2.24. The molecule has 0 amide bonds. The summed E-state index contributed by atoms with van der Waals surface area (Å²) in [6.45, 7) is 6.82. The van der Waals surface area contributed by atoms with Gasteiger partial charge in [-0.15, -0.1) is 11.8 Å². The van der Waals surface area contributed by atoms with Gasteiger partial charge in [0.15, 0.2) is 0 Å². The van der Waals surface area contributed by atoms with Crippen LogP contribution in [0.5, 0.6) is 0 Å². The van der Waals surface area contributed by atoms with Crippen molar-refractivity contribution < 1.29 is 0 Å². The Labute approximate surface area is 68.0 Å². The molecule has 1 N–H and O–H groups in total. The van der Waals surface area contributed by atoms with E-state index in [0.29, 0.717) is 0 Å². The van der Waals surface area contributed by atoms with Crippen molar-refractivity contribution in [3.8, 4) is 0 Å². The number of thioether (sulfide) groups is 1. The van der Waals surface area contributed by atoms with E-state index in [0.717, 1.165) is 17.3 Å². The molecule has 0 aliphatic carbocycles. The normalized spacial score (nSPS) is 33.6. The fourth-order valence-corrected chi connectivity index (χ4v) is 2.60. The van der Waals surface area contributed by atoms with Crippen LogP contribution in [0.3, 0.4) is 0 Å². The third-order valence-electron chi connectivity index (χ3n) is 2.05. The van der Waals surface area contributed by atoms with E-state index in [1.807, 2.05) is 0 Å². The van der Waals surface area contributed by atoms with Crippen LogP contribution in [0.4, 0.5) is 0 Å². The Kier molecular flexibility index (Phi) is 3.05. The number of rotatable bonds is 2. The first-order valence-electron chi connectivity index (χ1n) is 4.11. The van der Waals surface area contributed by atoms with Gasteiger partial charge in [0.05, 0.1) is 5.37 Å². The lowest BCUT2D eigenvalue weighted by molar-refractivity contribution is 0.440. The van der Waals surface area contributed by atoms with Crippen LogP contribution < -0.4 is 5.32 Å². The van der Waals surface area contributed by atoms with Crippen LogP contribution >= 0.6 is 11.8 Å². The highest BCUT2D eigenvalue weighted by molar-refractivity contribution is 8.00. The maximum absolute atomic E-state index is 3.60. The SMILES string of the molecule is CCC1NC(C(C)C)CS1. The lowest BCUT2D eigenvalue weighted by Crippen LogP contribution is -2.33. The smallest absolute Gasteiger partial charge is 0.0532 e. The van der Waals surface area contributed by atoms with Crippen LogP contribution in [0.1, 0.15) is 27.2 Å². The molecule has 0 bridgehead atoms. The summed E-state index contributed by atoms with van der Waals surface area (Å²) in [5, 5.41) is 4.33. The van der Waals surface area contributed by atoms with Gasteiger partial charge in [-0.2, -0.15) is 0 Å². The molecule has 2 atom stereocenters. The fourth-order valence-electron chi connectivity index (χ4n) is 1.18. The van der Waals surface area contributed by atoms with E-state index in [4.69, 9.17) is 0 Å². The molecule has 1 aliphatic rings. The second-order valence-electron chi connectivity index (χ2n) is 3.25. The van der Waals surface area contributed by atoms with Crippen LogP contribution in [-0.2, 0) is 0 Å². The number of hydrogen-bond donors (Lipinski definition) is 1. The summed E-state index contributed by atoms with van der Waals surface area (Å²) in [7, 11) is 0. The van der Waals surface area contributed by atoms with Gasteiger partial charge in [0.25, 0.3) is 0 Å². The summed E-state index contributed by atoms with van der Waals surface area (Å²) < 4.78 is 0. The Balaban J connectivity index is 2.28. The highest BCUT2D eigenvalue weighted by atomic mass is 32.2. The molecular formula is C8H17NS. The summed E-state index contributed by atoms with van der Waals surface area (Å²) in [5.41, 5.74) is 0. The fraction of sp³-hybridized carbons (Fsp3) is 1.00. The molecule has 0 aromatic rings. The van der Waals surface area contributed by atoms with E-state index < -0.39 is 0 Å². The minimum absolute atomic E-state index is 0.729. The second kappa shape index (κ2) is 3.63. The zero-order valence-electron chi connectivity index (χ0n) is 7.05. The average Bonchev–Trinajstić information content (AvgIpc) is 2.34. The molecular weight excluding hydrogens is 142 g/mol. The molecule has 0 radical (unpaired) electrons. The molecule has 0 spiro atoms. The van der Waals surface area contributed by atoms with Crippen molar-refractivity contribution in [1.29, 1.82) is 0 Å². The van der Waals surface area contributed by atoms with Crippen molar-refractivity contribution in [1.82, 2.24) is 5.32 Å². The highest BCUT2D eigenvalue weighted by Crippen LogP contribution is 2.24. The Morgan fingerprint density at radius 3 is 2.60 bits per heavy atom. The van der Waals surface area contributed by atoms with Crippen LogP contribution in [-0.4, -0.2) is 17.2 Å². The standard InChI is InChI=1S/C8H17NS/c1-4-8-9-7(5-10-8)6(2)3/h6-9H,4-5H2,1-3H3. The van der Waals surface area contributed by atoms with Crippen molar-refractivity contribution in [2.45, 2.75) is 38.6 Å². The molecule has 1 saturated heterocycles. The molecule has 0 aromatic heterocycles. The van der Waals surface area contributed by atoms with Crippen molar-refractivity contribution in [2.24, 2.45) is 5.92 Å². The van der Waals surface area contributed by atoms with Gasteiger partial charge in [0.1, 0.15) is 0 Å². The molecule has 0 aromatic carbocycles. The Bertz CT molecular complexity index is 103. The third-order valence-corrected chi connectivity index (χ3v) is 3.48. The van der Waals surface area contributed by atoms with Gasteiger partial charge >= 0.3 is 0 Å². The zero-order chi connectivity index (χ0) is 7.56. The van der Waals surface area contributed by atoms with Crippen molar-refractivity contribution >= 4 is 11.8 Å². The van der Waals surface area contributed by atoms with E-state index in [-0.39, 0.29) is 0 Å². The summed E-state index contributed by atoms with van der Waals surface area (Å²) in [6, 6.07) is 0.759. The third kappa shape index (κ3) is 1.89. The van der Waals surface area contributed by atoms with Crippen LogP contribution in [0.2, 0.25) is 0 Å². The topological polar surface area (TPSA) is 12.0 Å². The lowest BCUT2D eigenvalue weighted by atomic mass is 10.1. The quantitative estimate of drug-likeness (QED) is 0.662. The van der Waals surface area contributed by atoms with Gasteiger partial charge in [-0.05, 0) is 12.3 Å². The minimum atomic E-state index is 0.729. The Morgan fingerprint density at radius 2 is 2.30 bits per heavy atom. The molecule has 1 fully saturated rings. The molecule has 0 saturated carbocycles. The van der Waals surface area contributed by atoms with Crippen molar-refractivity contribution in [2.75, 3.05) is 5.75 Å². The minimum Gasteiger partial charge on any atom is -0.301 e. The van der Waals surface area contributed by atoms with Crippen LogP contribution in [0.15, 0.2) is 0 Å². The van der Waals surface area contributed by atoms with Crippen LogP contribution in [0.25, 0.3) is 0 Å². The Morgan fingerprint density at radius 1 is 1.60 bits per heavy atom. The van der Waals surface area contributed by atoms with E-state index in [9.17, 15) is 0 Å². The van der Waals surface area contributed by atoms with Crippen molar-refractivity contribution in [3.63, 3.8) is 0 Å². The van der Waals surface area contributed by atoms with E-state index in [1.165, 1.54) is 12.2 Å². The predicted molar refractivity (Wildman–Crippen MR) is 48.3 cm³/mol. The lowest BCUT2D eigenvalue weighted by Gasteiger charge is -2.14. The van der Waals surface area contributed by atoms with Crippen molar-refractivity contribution in [3.05, 3.63) is 0 Å². The molecule has 1 rings (SSSR count). The second-order valence-corrected chi connectivity index (χ2v) is 4.48. The number of nitrogens with one attached hydrogen (secondary N) is 1. The zero-order valence-corrected chi connectivity index (χ0v) is 7.87. The van der Waals surface area contributed by atoms with Gasteiger partial charge < -0.3 is 5.32 Å². The molecule has 1 heterocycles. The average molecular weight is 159 g/mol. The predicted octanol–water partition coefficient (Wildman–Crippen LogP) is 2.08. The van der Waals surface area contributed by atoms with E-state index >= 15 is 0 Å². The monoisotopic (exact) mass is 159 g/mol.